The number of fused-ring (bicyclic) bond motifs is 2. The summed E-state index contributed by atoms with van der Waals surface area (Å²) < 4.78 is 21.6. The van der Waals surface area contributed by atoms with E-state index in [0.29, 0.717) is 25.6 Å². The van der Waals surface area contributed by atoms with Gasteiger partial charge in [0.25, 0.3) is 0 Å². The fraction of sp³-hybridized carbons (Fsp3) is 0.350. The molecule has 1 N–H and O–H groups in total. The maximum atomic E-state index is 11.5. The molecule has 2 heterocycles. The highest BCUT2D eigenvalue weighted by Gasteiger charge is 2.21. The highest BCUT2D eigenvalue weighted by atomic mass is 16.7. The SMILES string of the molecule is CC(COc1ccc2c(c1)COC2=O)NCCc1ccc2c(c1)OCO2. The Bertz CT molecular complexity index is 820. The van der Waals surface area contributed by atoms with Gasteiger partial charge in [-0.15, -0.1) is 0 Å². The Hall–Kier alpha value is -2.73. The summed E-state index contributed by atoms with van der Waals surface area (Å²) in [5, 5.41) is 3.45. The van der Waals surface area contributed by atoms with Crippen LogP contribution in [0.2, 0.25) is 0 Å². The van der Waals surface area contributed by atoms with E-state index in [1.54, 1.807) is 6.07 Å². The molecule has 6 nitrogen and oxygen atoms in total. The molecular formula is C20H21NO5. The van der Waals surface area contributed by atoms with Gasteiger partial charge < -0.3 is 24.3 Å². The Morgan fingerprint density at radius 3 is 2.92 bits per heavy atom. The molecule has 0 bridgehead atoms. The zero-order valence-corrected chi connectivity index (χ0v) is 14.6. The van der Waals surface area contributed by atoms with E-state index >= 15 is 0 Å². The van der Waals surface area contributed by atoms with Crippen molar-refractivity contribution in [3.05, 3.63) is 53.1 Å². The van der Waals surface area contributed by atoms with Crippen LogP contribution in [-0.4, -0.2) is 32.0 Å². The van der Waals surface area contributed by atoms with Gasteiger partial charge >= 0.3 is 5.97 Å². The number of cyclic esters (lactones) is 1. The number of esters is 1. The van der Waals surface area contributed by atoms with Gasteiger partial charge in [-0.05, 0) is 55.8 Å². The first-order valence-corrected chi connectivity index (χ1v) is 8.74. The van der Waals surface area contributed by atoms with E-state index in [9.17, 15) is 4.79 Å². The Kier molecular flexibility index (Phi) is 4.67. The summed E-state index contributed by atoms with van der Waals surface area (Å²) >= 11 is 0. The lowest BCUT2D eigenvalue weighted by Gasteiger charge is -2.15. The lowest BCUT2D eigenvalue weighted by molar-refractivity contribution is 0.0535. The average molecular weight is 355 g/mol. The molecule has 0 saturated heterocycles. The lowest BCUT2D eigenvalue weighted by atomic mass is 10.1. The van der Waals surface area contributed by atoms with Gasteiger partial charge in [-0.1, -0.05) is 6.07 Å². The van der Waals surface area contributed by atoms with E-state index in [2.05, 4.69) is 18.3 Å². The molecule has 0 saturated carbocycles. The molecule has 1 atom stereocenters. The van der Waals surface area contributed by atoms with Gasteiger partial charge in [-0.3, -0.25) is 0 Å². The molecule has 4 rings (SSSR count). The minimum atomic E-state index is -0.259. The largest absolute Gasteiger partial charge is 0.492 e. The van der Waals surface area contributed by atoms with Gasteiger partial charge in [-0.25, -0.2) is 4.79 Å². The fourth-order valence-corrected chi connectivity index (χ4v) is 3.04. The van der Waals surface area contributed by atoms with Crippen LogP contribution in [-0.2, 0) is 17.8 Å². The summed E-state index contributed by atoms with van der Waals surface area (Å²) in [7, 11) is 0. The standard InChI is InChI=1S/C20H21NO5/c1-13(10-23-16-3-4-17-15(9-16)11-24-20(17)22)21-7-6-14-2-5-18-19(8-14)26-12-25-18/h2-5,8-9,13,21H,6-7,10-12H2,1H3. The predicted molar refractivity (Wildman–Crippen MR) is 94.8 cm³/mol. The van der Waals surface area contributed by atoms with E-state index in [1.807, 2.05) is 24.3 Å². The van der Waals surface area contributed by atoms with Crippen LogP contribution in [0.3, 0.4) is 0 Å². The van der Waals surface area contributed by atoms with Crippen molar-refractivity contribution >= 4 is 5.97 Å². The molecular weight excluding hydrogens is 334 g/mol. The second-order valence-electron chi connectivity index (χ2n) is 6.50. The molecule has 2 aliphatic rings. The number of hydrogen-bond donors (Lipinski definition) is 1. The van der Waals surface area contributed by atoms with E-state index < -0.39 is 0 Å². The van der Waals surface area contributed by atoms with Crippen molar-refractivity contribution in [2.45, 2.75) is 26.0 Å². The topological polar surface area (TPSA) is 66.0 Å². The molecule has 0 aliphatic carbocycles. The summed E-state index contributed by atoms with van der Waals surface area (Å²) in [6, 6.07) is 11.7. The molecule has 2 aromatic carbocycles. The Morgan fingerprint density at radius 1 is 1.12 bits per heavy atom. The van der Waals surface area contributed by atoms with Crippen LogP contribution < -0.4 is 19.5 Å². The predicted octanol–water partition coefficient (Wildman–Crippen LogP) is 2.69. The second kappa shape index (κ2) is 7.25. The first-order chi connectivity index (χ1) is 12.7. The molecule has 2 aromatic rings. The Labute approximate surface area is 152 Å². The molecule has 136 valence electrons. The monoisotopic (exact) mass is 355 g/mol. The van der Waals surface area contributed by atoms with E-state index in [1.165, 1.54) is 5.56 Å². The van der Waals surface area contributed by atoms with Gasteiger partial charge in [0.15, 0.2) is 11.5 Å². The van der Waals surface area contributed by atoms with Gasteiger partial charge in [0.1, 0.15) is 19.0 Å². The zero-order valence-electron chi connectivity index (χ0n) is 14.6. The van der Waals surface area contributed by atoms with Gasteiger partial charge in [-0.2, -0.15) is 0 Å². The number of hydrogen-bond acceptors (Lipinski definition) is 6. The third-order valence-electron chi connectivity index (χ3n) is 4.50. The molecule has 2 aliphatic heterocycles. The van der Waals surface area contributed by atoms with E-state index in [4.69, 9.17) is 18.9 Å². The summed E-state index contributed by atoms with van der Waals surface area (Å²) in [5.74, 6) is 2.12. The van der Waals surface area contributed by atoms with Gasteiger partial charge in [0, 0.05) is 11.6 Å². The van der Waals surface area contributed by atoms with Crippen molar-refractivity contribution in [2.75, 3.05) is 19.9 Å². The summed E-state index contributed by atoms with van der Waals surface area (Å²) in [5.41, 5.74) is 2.72. The molecule has 0 radical (unpaired) electrons. The Balaban J connectivity index is 1.22. The number of nitrogens with one attached hydrogen (secondary N) is 1. The van der Waals surface area contributed by atoms with Crippen molar-refractivity contribution < 1.29 is 23.7 Å². The van der Waals surface area contributed by atoms with Crippen LogP contribution in [0.1, 0.15) is 28.4 Å². The number of rotatable bonds is 7. The maximum absolute atomic E-state index is 11.5. The average Bonchev–Trinajstić information content (AvgIpc) is 3.26. The third-order valence-corrected chi connectivity index (χ3v) is 4.50. The summed E-state index contributed by atoms with van der Waals surface area (Å²) in [6.45, 7) is 4.11. The molecule has 1 unspecified atom stereocenters. The van der Waals surface area contributed by atoms with Crippen LogP contribution in [0.5, 0.6) is 17.2 Å². The van der Waals surface area contributed by atoms with Crippen molar-refractivity contribution in [3.8, 4) is 17.2 Å². The molecule has 0 fully saturated rings. The molecule has 0 amide bonds. The van der Waals surface area contributed by atoms with Crippen molar-refractivity contribution in [3.63, 3.8) is 0 Å². The summed E-state index contributed by atoms with van der Waals surface area (Å²) in [6.07, 6.45) is 0.902. The first kappa shape index (κ1) is 16.7. The lowest BCUT2D eigenvalue weighted by Crippen LogP contribution is -2.33. The molecule has 0 aromatic heterocycles. The number of carbonyl (C=O) groups is 1. The van der Waals surface area contributed by atoms with Crippen LogP contribution in [0.15, 0.2) is 36.4 Å². The highest BCUT2D eigenvalue weighted by molar-refractivity contribution is 5.93. The van der Waals surface area contributed by atoms with Crippen LogP contribution in [0.25, 0.3) is 0 Å². The van der Waals surface area contributed by atoms with Crippen molar-refractivity contribution in [2.24, 2.45) is 0 Å². The smallest absolute Gasteiger partial charge is 0.338 e. The van der Waals surface area contributed by atoms with Gasteiger partial charge in [0.05, 0.1) is 5.56 Å². The Morgan fingerprint density at radius 2 is 2.00 bits per heavy atom. The van der Waals surface area contributed by atoms with E-state index in [-0.39, 0.29) is 12.0 Å². The normalized spacial score (nSPS) is 15.5. The minimum absolute atomic E-state index is 0.204. The minimum Gasteiger partial charge on any atom is -0.492 e. The fourth-order valence-electron chi connectivity index (χ4n) is 3.04. The third kappa shape index (κ3) is 3.60. The number of benzene rings is 2. The quantitative estimate of drug-likeness (QED) is 0.771. The molecule has 6 heteroatoms. The van der Waals surface area contributed by atoms with Crippen LogP contribution in [0, 0.1) is 0 Å². The second-order valence-corrected chi connectivity index (χ2v) is 6.50. The first-order valence-electron chi connectivity index (χ1n) is 8.74. The molecule has 26 heavy (non-hydrogen) atoms. The summed E-state index contributed by atoms with van der Waals surface area (Å²) in [4.78, 5) is 11.5. The van der Waals surface area contributed by atoms with E-state index in [0.717, 1.165) is 35.8 Å². The number of carbonyl (C=O) groups excluding carboxylic acids is 1. The highest BCUT2D eigenvalue weighted by Crippen LogP contribution is 2.32. The van der Waals surface area contributed by atoms with Crippen molar-refractivity contribution in [1.82, 2.24) is 5.32 Å². The van der Waals surface area contributed by atoms with Gasteiger partial charge in [0.2, 0.25) is 6.79 Å². The maximum Gasteiger partial charge on any atom is 0.338 e. The number of ether oxygens (including phenoxy) is 4. The van der Waals surface area contributed by atoms with Crippen molar-refractivity contribution in [1.29, 1.82) is 0 Å². The van der Waals surface area contributed by atoms with Crippen LogP contribution in [0.4, 0.5) is 0 Å². The molecule has 0 spiro atoms. The van der Waals surface area contributed by atoms with Crippen LogP contribution >= 0.6 is 0 Å². The zero-order chi connectivity index (χ0) is 17.9.